The van der Waals surface area contributed by atoms with E-state index >= 15 is 0 Å². The lowest BCUT2D eigenvalue weighted by atomic mass is 10.1. The zero-order valence-electron chi connectivity index (χ0n) is 8.05. The molecule has 0 saturated carbocycles. The normalized spacial score (nSPS) is 14.7. The summed E-state index contributed by atoms with van der Waals surface area (Å²) in [7, 11) is 1.70. The van der Waals surface area contributed by atoms with Crippen LogP contribution in [0, 0.1) is 11.8 Å². The Hall–Kier alpha value is -0.560. The number of hydrazine groups is 1. The van der Waals surface area contributed by atoms with Gasteiger partial charge in [0.1, 0.15) is 0 Å². The minimum absolute atomic E-state index is 0.227. The van der Waals surface area contributed by atoms with Gasteiger partial charge in [-0.05, 0) is 20.3 Å². The fourth-order valence-corrected chi connectivity index (χ4v) is 0.932. The van der Waals surface area contributed by atoms with Gasteiger partial charge in [0.15, 0.2) is 0 Å². The molecule has 0 spiro atoms. The van der Waals surface area contributed by atoms with Crippen LogP contribution in [0.15, 0.2) is 0 Å². The molecule has 3 heteroatoms. The quantitative estimate of drug-likeness (QED) is 0.362. The van der Waals surface area contributed by atoms with Gasteiger partial charge < -0.3 is 4.74 Å². The van der Waals surface area contributed by atoms with E-state index in [4.69, 9.17) is 10.6 Å². The first kappa shape index (κ1) is 11.4. The van der Waals surface area contributed by atoms with Crippen molar-refractivity contribution >= 4 is 0 Å². The van der Waals surface area contributed by atoms with Crippen molar-refractivity contribution in [2.75, 3.05) is 7.11 Å². The van der Waals surface area contributed by atoms with Gasteiger partial charge in [-0.2, -0.15) is 0 Å². The van der Waals surface area contributed by atoms with E-state index in [-0.39, 0.29) is 12.1 Å². The monoisotopic (exact) mass is 170 g/mol. The maximum absolute atomic E-state index is 5.34. The molecular formula is C9H18N2O. The van der Waals surface area contributed by atoms with E-state index in [0.717, 1.165) is 12.8 Å². The lowest BCUT2D eigenvalue weighted by Gasteiger charge is -2.16. The predicted octanol–water partition coefficient (Wildman–Crippen LogP) is 0.657. The molecule has 0 fully saturated rings. The van der Waals surface area contributed by atoms with Gasteiger partial charge in [-0.1, -0.05) is 0 Å². The standard InChI is InChI=1S/C9H18N2O/c1-4-5-6-9(11-10)7-8(2)12-3/h8-9,11H,6-7,10H2,1-3H3. The van der Waals surface area contributed by atoms with Gasteiger partial charge in [0, 0.05) is 19.6 Å². The number of rotatable bonds is 5. The van der Waals surface area contributed by atoms with Crippen LogP contribution >= 0.6 is 0 Å². The first-order valence-electron chi connectivity index (χ1n) is 4.13. The van der Waals surface area contributed by atoms with Crippen molar-refractivity contribution in [3.05, 3.63) is 0 Å². The Labute approximate surface area is 74.6 Å². The van der Waals surface area contributed by atoms with Crippen molar-refractivity contribution in [3.8, 4) is 11.8 Å². The molecule has 0 amide bonds. The van der Waals surface area contributed by atoms with E-state index in [9.17, 15) is 0 Å². The number of nitrogens with one attached hydrogen (secondary N) is 1. The lowest BCUT2D eigenvalue weighted by molar-refractivity contribution is 0.101. The van der Waals surface area contributed by atoms with E-state index in [1.54, 1.807) is 7.11 Å². The number of ether oxygens (including phenoxy) is 1. The van der Waals surface area contributed by atoms with Crippen LogP contribution in [0.2, 0.25) is 0 Å². The Morgan fingerprint density at radius 1 is 1.58 bits per heavy atom. The average molecular weight is 170 g/mol. The van der Waals surface area contributed by atoms with Crippen LogP contribution < -0.4 is 11.3 Å². The van der Waals surface area contributed by atoms with Crippen molar-refractivity contribution in [2.24, 2.45) is 5.84 Å². The fourth-order valence-electron chi connectivity index (χ4n) is 0.932. The van der Waals surface area contributed by atoms with Gasteiger partial charge in [0.05, 0.1) is 6.10 Å². The molecule has 0 aliphatic heterocycles. The predicted molar refractivity (Wildman–Crippen MR) is 50.3 cm³/mol. The van der Waals surface area contributed by atoms with E-state index in [1.165, 1.54) is 0 Å². The zero-order valence-corrected chi connectivity index (χ0v) is 8.05. The average Bonchev–Trinajstić information content (AvgIpc) is 2.11. The van der Waals surface area contributed by atoms with Crippen LogP contribution in [0.3, 0.4) is 0 Å². The van der Waals surface area contributed by atoms with Gasteiger partial charge >= 0.3 is 0 Å². The van der Waals surface area contributed by atoms with Gasteiger partial charge in [0.25, 0.3) is 0 Å². The fraction of sp³-hybridized carbons (Fsp3) is 0.778. The lowest BCUT2D eigenvalue weighted by Crippen LogP contribution is -2.37. The van der Waals surface area contributed by atoms with E-state index in [1.807, 2.05) is 13.8 Å². The largest absolute Gasteiger partial charge is 0.382 e. The smallest absolute Gasteiger partial charge is 0.0558 e. The molecule has 70 valence electrons. The molecule has 0 aromatic heterocycles. The van der Waals surface area contributed by atoms with E-state index in [0.29, 0.717) is 0 Å². The molecule has 0 aliphatic rings. The summed E-state index contributed by atoms with van der Waals surface area (Å²) in [5.74, 6) is 11.2. The molecule has 0 heterocycles. The number of methoxy groups -OCH3 is 1. The Morgan fingerprint density at radius 3 is 2.67 bits per heavy atom. The first-order chi connectivity index (χ1) is 5.74. The van der Waals surface area contributed by atoms with Crippen LogP contribution in [0.4, 0.5) is 0 Å². The van der Waals surface area contributed by atoms with Crippen LogP contribution in [0.5, 0.6) is 0 Å². The molecule has 0 radical (unpaired) electrons. The maximum Gasteiger partial charge on any atom is 0.0558 e. The number of hydrogen-bond acceptors (Lipinski definition) is 3. The summed E-state index contributed by atoms with van der Waals surface area (Å²) in [4.78, 5) is 0. The van der Waals surface area contributed by atoms with Crippen molar-refractivity contribution in [1.82, 2.24) is 5.43 Å². The van der Waals surface area contributed by atoms with Crippen molar-refractivity contribution in [3.63, 3.8) is 0 Å². The molecule has 0 aromatic carbocycles. The third-order valence-electron chi connectivity index (χ3n) is 1.78. The van der Waals surface area contributed by atoms with Crippen LogP contribution in [0.25, 0.3) is 0 Å². The first-order valence-corrected chi connectivity index (χ1v) is 4.13. The summed E-state index contributed by atoms with van der Waals surface area (Å²) in [5.41, 5.74) is 2.72. The Balaban J connectivity index is 3.71. The number of nitrogens with two attached hydrogens (primary N) is 1. The van der Waals surface area contributed by atoms with Crippen molar-refractivity contribution in [2.45, 2.75) is 38.8 Å². The summed E-state index contributed by atoms with van der Waals surface area (Å²) in [6.45, 7) is 3.84. The molecular weight excluding hydrogens is 152 g/mol. The van der Waals surface area contributed by atoms with Crippen molar-refractivity contribution < 1.29 is 4.74 Å². The molecule has 0 aromatic rings. The summed E-state index contributed by atoms with van der Waals surface area (Å²) < 4.78 is 5.12. The highest BCUT2D eigenvalue weighted by Gasteiger charge is 2.09. The van der Waals surface area contributed by atoms with Gasteiger partial charge in [-0.3, -0.25) is 11.3 Å². The minimum atomic E-state index is 0.227. The molecule has 2 unspecified atom stereocenters. The van der Waals surface area contributed by atoms with E-state index in [2.05, 4.69) is 17.3 Å². The van der Waals surface area contributed by atoms with Crippen LogP contribution in [-0.2, 0) is 4.74 Å². The van der Waals surface area contributed by atoms with Gasteiger partial charge in [-0.15, -0.1) is 11.8 Å². The third-order valence-corrected chi connectivity index (χ3v) is 1.78. The second-order valence-corrected chi connectivity index (χ2v) is 2.78. The topological polar surface area (TPSA) is 47.3 Å². The van der Waals surface area contributed by atoms with Crippen LogP contribution in [0.1, 0.15) is 26.7 Å². The molecule has 0 saturated heterocycles. The second-order valence-electron chi connectivity index (χ2n) is 2.78. The van der Waals surface area contributed by atoms with E-state index < -0.39 is 0 Å². The molecule has 0 rings (SSSR count). The molecule has 3 nitrogen and oxygen atoms in total. The number of hydrogen-bond donors (Lipinski definition) is 2. The second kappa shape index (κ2) is 7.11. The zero-order chi connectivity index (χ0) is 9.40. The molecule has 0 bridgehead atoms. The molecule has 2 atom stereocenters. The van der Waals surface area contributed by atoms with Crippen LogP contribution in [-0.4, -0.2) is 19.3 Å². The highest BCUT2D eigenvalue weighted by atomic mass is 16.5. The van der Waals surface area contributed by atoms with Gasteiger partial charge in [0.2, 0.25) is 0 Å². The minimum Gasteiger partial charge on any atom is -0.382 e. The summed E-state index contributed by atoms with van der Waals surface area (Å²) in [6.07, 6.45) is 1.90. The summed E-state index contributed by atoms with van der Waals surface area (Å²) in [6, 6.07) is 0.229. The highest BCUT2D eigenvalue weighted by Crippen LogP contribution is 2.03. The molecule has 12 heavy (non-hydrogen) atoms. The highest BCUT2D eigenvalue weighted by molar-refractivity contribution is 4.98. The van der Waals surface area contributed by atoms with Gasteiger partial charge in [-0.25, -0.2) is 0 Å². The SMILES string of the molecule is CC#CCC(CC(C)OC)NN. The summed E-state index contributed by atoms with van der Waals surface area (Å²) in [5, 5.41) is 0. The Bertz CT molecular complexity index is 160. The third kappa shape index (κ3) is 5.14. The maximum atomic E-state index is 5.34. The Kier molecular flexibility index (Phi) is 6.78. The van der Waals surface area contributed by atoms with Crippen molar-refractivity contribution in [1.29, 1.82) is 0 Å². The molecule has 0 aliphatic carbocycles. The molecule has 3 N–H and O–H groups in total. The summed E-state index contributed by atoms with van der Waals surface area (Å²) >= 11 is 0. The Morgan fingerprint density at radius 2 is 2.25 bits per heavy atom.